The molecule has 0 fully saturated rings. The first kappa shape index (κ1) is 15.1. The molecule has 1 heterocycles. The molecule has 2 N–H and O–H groups in total. The van der Waals surface area contributed by atoms with Crippen molar-refractivity contribution in [2.45, 2.75) is 6.10 Å². The minimum absolute atomic E-state index is 0.224. The number of halogens is 2. The van der Waals surface area contributed by atoms with Crippen molar-refractivity contribution in [1.29, 1.82) is 0 Å². The lowest BCUT2D eigenvalue weighted by Crippen LogP contribution is -2.24. The highest BCUT2D eigenvalue weighted by atomic mass is 35.5. The summed E-state index contributed by atoms with van der Waals surface area (Å²) in [6.07, 6.45) is -0.650. The Hall–Kier alpha value is -1.34. The van der Waals surface area contributed by atoms with Gasteiger partial charge in [0.15, 0.2) is 0 Å². The second kappa shape index (κ2) is 6.90. The van der Waals surface area contributed by atoms with Crippen LogP contribution < -0.4 is 5.32 Å². The minimum atomic E-state index is -0.650. The van der Waals surface area contributed by atoms with Crippen molar-refractivity contribution < 1.29 is 14.4 Å². The van der Waals surface area contributed by atoms with E-state index in [1.165, 1.54) is 7.11 Å². The zero-order valence-corrected chi connectivity index (χ0v) is 12.1. The maximum atomic E-state index is 9.50. The second-order valence-corrected chi connectivity index (χ2v) is 4.94. The number of anilines is 1. The van der Waals surface area contributed by atoms with E-state index in [9.17, 15) is 5.11 Å². The van der Waals surface area contributed by atoms with Crippen molar-refractivity contribution in [1.82, 2.24) is 10.1 Å². The van der Waals surface area contributed by atoms with E-state index in [4.69, 9.17) is 32.5 Å². The molecule has 0 spiro atoms. The fourth-order valence-electron chi connectivity index (χ4n) is 1.55. The fraction of sp³-hybridized carbons (Fsp3) is 0.333. The van der Waals surface area contributed by atoms with Gasteiger partial charge in [0.25, 0.3) is 11.8 Å². The van der Waals surface area contributed by atoms with Crippen molar-refractivity contribution >= 4 is 29.2 Å². The summed E-state index contributed by atoms with van der Waals surface area (Å²) in [5.41, 5.74) is 0.625. The molecule has 0 unspecified atom stereocenters. The Kier molecular flexibility index (Phi) is 5.19. The molecule has 1 aromatic heterocycles. The summed E-state index contributed by atoms with van der Waals surface area (Å²) >= 11 is 11.8. The van der Waals surface area contributed by atoms with Crippen LogP contribution in [0.5, 0.6) is 0 Å². The zero-order chi connectivity index (χ0) is 14.5. The van der Waals surface area contributed by atoms with E-state index in [2.05, 4.69) is 15.5 Å². The fourth-order valence-corrected chi connectivity index (χ4v) is 2.08. The molecule has 0 amide bonds. The molecule has 108 valence electrons. The Morgan fingerprint density at radius 2 is 2.05 bits per heavy atom. The highest BCUT2D eigenvalue weighted by molar-refractivity contribution is 6.35. The van der Waals surface area contributed by atoms with Gasteiger partial charge in [0.05, 0.1) is 12.7 Å². The molecule has 0 aliphatic rings. The van der Waals surface area contributed by atoms with Crippen LogP contribution in [0.2, 0.25) is 10.0 Å². The van der Waals surface area contributed by atoms with E-state index < -0.39 is 6.10 Å². The van der Waals surface area contributed by atoms with Gasteiger partial charge in [-0.15, -0.1) is 0 Å². The molecule has 0 saturated heterocycles. The van der Waals surface area contributed by atoms with Crippen LogP contribution in [0.4, 0.5) is 5.95 Å². The number of methoxy groups -OCH3 is 1. The molecule has 2 aromatic rings. The van der Waals surface area contributed by atoms with Gasteiger partial charge >= 0.3 is 0 Å². The Labute approximate surface area is 125 Å². The number of aromatic nitrogens is 2. The van der Waals surface area contributed by atoms with Crippen LogP contribution in [0.1, 0.15) is 0 Å². The summed E-state index contributed by atoms with van der Waals surface area (Å²) in [4.78, 5) is 4.14. The minimum Gasteiger partial charge on any atom is -0.389 e. The van der Waals surface area contributed by atoms with E-state index in [1.807, 2.05) is 0 Å². The Balaban J connectivity index is 2.05. The third-order valence-corrected chi connectivity index (χ3v) is 2.83. The predicted octanol–water partition coefficient (Wildman–Crippen LogP) is 2.46. The number of nitrogens with zero attached hydrogens (tertiary/aromatic N) is 2. The standard InChI is InChI=1S/C12H13Cl2N3O3/c1-19-6-10(18)5-15-12-16-11(20-17-12)7-2-8(13)4-9(14)3-7/h2-4,10,18H,5-6H2,1H3,(H,15,17)/t10-/m1/s1. The van der Waals surface area contributed by atoms with Gasteiger partial charge in [0.1, 0.15) is 0 Å². The van der Waals surface area contributed by atoms with Crippen LogP contribution in [0.25, 0.3) is 11.5 Å². The van der Waals surface area contributed by atoms with E-state index >= 15 is 0 Å². The van der Waals surface area contributed by atoms with Crippen LogP contribution in [-0.2, 0) is 4.74 Å². The van der Waals surface area contributed by atoms with Crippen LogP contribution in [0.15, 0.2) is 22.7 Å². The average molecular weight is 318 g/mol. The van der Waals surface area contributed by atoms with Crippen molar-refractivity contribution in [2.24, 2.45) is 0 Å². The van der Waals surface area contributed by atoms with Gasteiger partial charge in [-0.05, 0) is 23.4 Å². The normalized spacial score (nSPS) is 12.4. The summed E-state index contributed by atoms with van der Waals surface area (Å²) in [7, 11) is 1.51. The molecule has 0 bridgehead atoms. The van der Waals surface area contributed by atoms with E-state index in [1.54, 1.807) is 18.2 Å². The first-order valence-corrected chi connectivity index (χ1v) is 6.55. The maximum Gasteiger partial charge on any atom is 0.263 e. The molecule has 2 rings (SSSR count). The van der Waals surface area contributed by atoms with Crippen LogP contribution >= 0.6 is 23.2 Å². The molecule has 0 saturated carbocycles. The van der Waals surface area contributed by atoms with Crippen LogP contribution in [0.3, 0.4) is 0 Å². The number of hydrogen-bond donors (Lipinski definition) is 2. The molecular formula is C12H13Cl2N3O3. The number of rotatable bonds is 6. The van der Waals surface area contributed by atoms with Crippen molar-refractivity contribution in [3.63, 3.8) is 0 Å². The highest BCUT2D eigenvalue weighted by Crippen LogP contribution is 2.26. The van der Waals surface area contributed by atoms with Gasteiger partial charge in [-0.3, -0.25) is 0 Å². The summed E-state index contributed by atoms with van der Waals surface area (Å²) in [6, 6.07) is 4.96. The SMILES string of the molecule is COC[C@H](O)CNc1noc(-c2cc(Cl)cc(Cl)c2)n1. The first-order valence-electron chi connectivity index (χ1n) is 5.79. The number of nitrogens with one attached hydrogen (secondary N) is 1. The van der Waals surface area contributed by atoms with Crippen LogP contribution in [-0.4, -0.2) is 41.6 Å². The number of hydrogen-bond acceptors (Lipinski definition) is 6. The largest absolute Gasteiger partial charge is 0.389 e. The summed E-state index contributed by atoms with van der Waals surface area (Å²) in [6.45, 7) is 0.477. The zero-order valence-electron chi connectivity index (χ0n) is 10.6. The van der Waals surface area contributed by atoms with E-state index in [0.29, 0.717) is 15.6 Å². The van der Waals surface area contributed by atoms with E-state index in [0.717, 1.165) is 0 Å². The maximum absolute atomic E-state index is 9.50. The van der Waals surface area contributed by atoms with Crippen molar-refractivity contribution in [2.75, 3.05) is 25.6 Å². The molecule has 0 aliphatic heterocycles. The van der Waals surface area contributed by atoms with Gasteiger partial charge in [-0.1, -0.05) is 23.2 Å². The number of aliphatic hydroxyl groups is 1. The second-order valence-electron chi connectivity index (χ2n) is 4.07. The average Bonchev–Trinajstić information content (AvgIpc) is 2.84. The summed E-state index contributed by atoms with van der Waals surface area (Å²) in [5.74, 6) is 0.560. The lowest BCUT2D eigenvalue weighted by molar-refractivity contribution is 0.0726. The topological polar surface area (TPSA) is 80.4 Å². The van der Waals surface area contributed by atoms with E-state index in [-0.39, 0.29) is 25.0 Å². The third kappa shape index (κ3) is 4.08. The predicted molar refractivity (Wildman–Crippen MR) is 76.1 cm³/mol. The van der Waals surface area contributed by atoms with Gasteiger partial charge in [0, 0.05) is 29.3 Å². The molecule has 0 aliphatic carbocycles. The quantitative estimate of drug-likeness (QED) is 0.851. The monoisotopic (exact) mass is 317 g/mol. The Bertz CT molecular complexity index is 557. The number of ether oxygens (including phenoxy) is 1. The first-order chi connectivity index (χ1) is 9.58. The van der Waals surface area contributed by atoms with Crippen molar-refractivity contribution in [3.8, 4) is 11.5 Å². The van der Waals surface area contributed by atoms with Gasteiger partial charge in [-0.2, -0.15) is 4.98 Å². The van der Waals surface area contributed by atoms with Gasteiger partial charge in [-0.25, -0.2) is 0 Å². The number of aliphatic hydroxyl groups excluding tert-OH is 1. The summed E-state index contributed by atoms with van der Waals surface area (Å²) < 4.78 is 9.91. The molecule has 1 atom stereocenters. The molecule has 0 radical (unpaired) electrons. The number of benzene rings is 1. The Morgan fingerprint density at radius 3 is 2.70 bits per heavy atom. The molecule has 1 aromatic carbocycles. The molecule has 20 heavy (non-hydrogen) atoms. The smallest absolute Gasteiger partial charge is 0.263 e. The summed E-state index contributed by atoms with van der Waals surface area (Å²) in [5, 5.41) is 17.0. The molecule has 6 nitrogen and oxygen atoms in total. The van der Waals surface area contributed by atoms with Gasteiger partial charge < -0.3 is 19.7 Å². The highest BCUT2D eigenvalue weighted by Gasteiger charge is 2.11. The lowest BCUT2D eigenvalue weighted by atomic mass is 10.2. The molecule has 8 heteroatoms. The molecular weight excluding hydrogens is 305 g/mol. The van der Waals surface area contributed by atoms with Crippen LogP contribution in [0, 0.1) is 0 Å². The third-order valence-electron chi connectivity index (χ3n) is 2.39. The van der Waals surface area contributed by atoms with Gasteiger partial charge in [0.2, 0.25) is 0 Å². The van der Waals surface area contributed by atoms with Crippen molar-refractivity contribution in [3.05, 3.63) is 28.2 Å². The lowest BCUT2D eigenvalue weighted by Gasteiger charge is -2.08. The Morgan fingerprint density at radius 1 is 1.35 bits per heavy atom.